The van der Waals surface area contributed by atoms with Gasteiger partial charge in [0.2, 0.25) is 0 Å². The van der Waals surface area contributed by atoms with Crippen molar-refractivity contribution in [2.75, 3.05) is 0 Å². The minimum Gasteiger partial charge on any atom is -0.347 e. The molecule has 118 valence electrons. The Labute approximate surface area is 136 Å². The second-order valence-corrected chi connectivity index (χ2v) is 8.62. The Kier molecular flexibility index (Phi) is 5.80. The lowest BCUT2D eigenvalue weighted by Gasteiger charge is -2.25. The number of hydrogen-bond acceptors (Lipinski definition) is 3. The summed E-state index contributed by atoms with van der Waals surface area (Å²) in [4.78, 5) is 11.7. The van der Waals surface area contributed by atoms with Gasteiger partial charge in [-0.15, -0.1) is 0 Å². The summed E-state index contributed by atoms with van der Waals surface area (Å²) in [6.07, 6.45) is 1.60. The fourth-order valence-electron chi connectivity index (χ4n) is 1.94. The molecule has 1 aromatic rings. The highest BCUT2D eigenvalue weighted by atomic mass is 79.9. The van der Waals surface area contributed by atoms with Crippen molar-refractivity contribution in [3.05, 3.63) is 28.0 Å². The van der Waals surface area contributed by atoms with Gasteiger partial charge in [0.15, 0.2) is 0 Å². The molecular formula is C13H16BrClFNO3S. The Hall–Kier alpha value is -0.660. The number of amides is 1. The molecule has 0 unspecified atom stereocenters. The summed E-state index contributed by atoms with van der Waals surface area (Å²) in [6.45, 7) is 5.65. The van der Waals surface area contributed by atoms with Crippen molar-refractivity contribution < 1.29 is 17.6 Å². The van der Waals surface area contributed by atoms with E-state index in [2.05, 4.69) is 21.2 Å². The van der Waals surface area contributed by atoms with Gasteiger partial charge in [-0.2, -0.15) is 0 Å². The topological polar surface area (TPSA) is 63.2 Å². The van der Waals surface area contributed by atoms with Gasteiger partial charge in [0.1, 0.15) is 10.7 Å². The van der Waals surface area contributed by atoms with Crippen LogP contribution in [0.5, 0.6) is 0 Å². The van der Waals surface area contributed by atoms with Crippen molar-refractivity contribution in [2.24, 2.45) is 0 Å². The molecule has 0 aliphatic carbocycles. The number of carbonyl (C=O) groups is 1. The molecule has 0 aromatic heterocycles. The van der Waals surface area contributed by atoms with Crippen LogP contribution in [0.4, 0.5) is 4.39 Å². The van der Waals surface area contributed by atoms with Gasteiger partial charge in [-0.3, -0.25) is 4.79 Å². The molecule has 8 heteroatoms. The van der Waals surface area contributed by atoms with E-state index in [0.717, 1.165) is 25.0 Å². The summed E-state index contributed by atoms with van der Waals surface area (Å²) >= 11 is 2.82. The molecule has 4 nitrogen and oxygen atoms in total. The molecule has 0 heterocycles. The van der Waals surface area contributed by atoms with Gasteiger partial charge in [-0.25, -0.2) is 12.8 Å². The number of hydrogen-bond donors (Lipinski definition) is 1. The molecule has 21 heavy (non-hydrogen) atoms. The smallest absolute Gasteiger partial charge is 0.262 e. The van der Waals surface area contributed by atoms with Crippen molar-refractivity contribution in [2.45, 2.75) is 44.0 Å². The van der Waals surface area contributed by atoms with Gasteiger partial charge in [-0.1, -0.05) is 13.3 Å². The van der Waals surface area contributed by atoms with E-state index in [1.165, 1.54) is 0 Å². The molecule has 0 saturated carbocycles. The molecule has 0 fully saturated rings. The monoisotopic (exact) mass is 399 g/mol. The van der Waals surface area contributed by atoms with Gasteiger partial charge in [0, 0.05) is 21.8 Å². The van der Waals surface area contributed by atoms with Crippen LogP contribution in [0.25, 0.3) is 0 Å². The first-order valence-corrected chi connectivity index (χ1v) is 9.34. The summed E-state index contributed by atoms with van der Waals surface area (Å²) in [6, 6.07) is 2.01. The molecule has 0 aliphatic rings. The highest BCUT2D eigenvalue weighted by Gasteiger charge is 2.24. The SMILES string of the molecule is CCCC(C)(C)NC(=O)c1cc(F)c(Br)c(S(=O)(=O)Cl)c1. The molecule has 1 N–H and O–H groups in total. The molecular weight excluding hydrogens is 385 g/mol. The predicted octanol–water partition coefficient (Wildman–Crippen LogP) is 3.82. The maximum Gasteiger partial charge on any atom is 0.262 e. The first kappa shape index (κ1) is 18.4. The number of carbonyl (C=O) groups excluding carboxylic acids is 1. The normalized spacial score (nSPS) is 12.3. The second-order valence-electron chi connectivity index (χ2n) is 5.30. The maximum atomic E-state index is 13.8. The zero-order valence-corrected chi connectivity index (χ0v) is 15.0. The minimum absolute atomic E-state index is 0.0981. The van der Waals surface area contributed by atoms with E-state index in [1.54, 1.807) is 0 Å². The third-order valence-electron chi connectivity index (χ3n) is 2.85. The quantitative estimate of drug-likeness (QED) is 0.764. The lowest BCUT2D eigenvalue weighted by atomic mass is 9.98. The fourth-order valence-corrected chi connectivity index (χ4v) is 4.03. The van der Waals surface area contributed by atoms with Crippen molar-refractivity contribution in [1.82, 2.24) is 5.32 Å². The van der Waals surface area contributed by atoms with Crippen LogP contribution in [-0.4, -0.2) is 19.9 Å². The van der Waals surface area contributed by atoms with Crippen LogP contribution < -0.4 is 5.32 Å². The Morgan fingerprint density at radius 1 is 1.43 bits per heavy atom. The summed E-state index contributed by atoms with van der Waals surface area (Å²) in [7, 11) is 1.08. The van der Waals surface area contributed by atoms with E-state index in [1.807, 2.05) is 20.8 Å². The van der Waals surface area contributed by atoms with E-state index < -0.39 is 31.2 Å². The van der Waals surface area contributed by atoms with Crippen molar-refractivity contribution >= 4 is 41.6 Å². The van der Waals surface area contributed by atoms with E-state index in [-0.39, 0.29) is 10.0 Å². The van der Waals surface area contributed by atoms with Gasteiger partial charge < -0.3 is 5.32 Å². The van der Waals surface area contributed by atoms with Crippen molar-refractivity contribution in [1.29, 1.82) is 0 Å². The molecule has 0 aliphatic heterocycles. The lowest BCUT2D eigenvalue weighted by molar-refractivity contribution is 0.0908. The first-order chi connectivity index (χ1) is 9.48. The Bertz CT molecular complexity index is 662. The first-order valence-electron chi connectivity index (χ1n) is 6.24. The maximum absolute atomic E-state index is 13.8. The fraction of sp³-hybridized carbons (Fsp3) is 0.462. The number of benzene rings is 1. The van der Waals surface area contributed by atoms with Crippen LogP contribution in [0, 0.1) is 5.82 Å². The molecule has 0 spiro atoms. The summed E-state index contributed by atoms with van der Waals surface area (Å²) < 4.78 is 36.3. The average molecular weight is 401 g/mol. The molecule has 1 rings (SSSR count). The number of halogens is 3. The number of rotatable bonds is 5. The summed E-state index contributed by atoms with van der Waals surface area (Å²) in [5.74, 6) is -1.42. The molecule has 1 amide bonds. The van der Waals surface area contributed by atoms with Crippen LogP contribution in [0.2, 0.25) is 0 Å². The number of nitrogens with one attached hydrogen (secondary N) is 1. The van der Waals surface area contributed by atoms with E-state index >= 15 is 0 Å². The standard InChI is InChI=1S/C13H16BrClFNO3S/c1-4-5-13(2,3)17-12(18)8-6-9(16)11(14)10(7-8)21(15,19)20/h6-7H,4-5H2,1-3H3,(H,17,18). The van der Waals surface area contributed by atoms with Crippen molar-refractivity contribution in [3.63, 3.8) is 0 Å². The molecule has 0 atom stereocenters. The second kappa shape index (κ2) is 6.62. The van der Waals surface area contributed by atoms with Crippen LogP contribution in [-0.2, 0) is 9.05 Å². The van der Waals surface area contributed by atoms with E-state index in [0.29, 0.717) is 0 Å². The summed E-state index contributed by atoms with van der Waals surface area (Å²) in [5.41, 5.74) is -0.575. The van der Waals surface area contributed by atoms with E-state index in [4.69, 9.17) is 10.7 Å². The lowest BCUT2D eigenvalue weighted by Crippen LogP contribution is -2.43. The van der Waals surface area contributed by atoms with Gasteiger partial charge >= 0.3 is 0 Å². The minimum atomic E-state index is -4.16. The van der Waals surface area contributed by atoms with Crippen LogP contribution in [0.3, 0.4) is 0 Å². The van der Waals surface area contributed by atoms with Gasteiger partial charge in [0.25, 0.3) is 15.0 Å². The van der Waals surface area contributed by atoms with Gasteiger partial charge in [-0.05, 0) is 48.3 Å². The van der Waals surface area contributed by atoms with Crippen LogP contribution in [0.15, 0.2) is 21.5 Å². The largest absolute Gasteiger partial charge is 0.347 e. The summed E-state index contributed by atoms with van der Waals surface area (Å²) in [5, 5.41) is 2.74. The van der Waals surface area contributed by atoms with Gasteiger partial charge in [0.05, 0.1) is 4.47 Å². The predicted molar refractivity (Wildman–Crippen MR) is 83.6 cm³/mol. The zero-order valence-electron chi connectivity index (χ0n) is 11.8. The highest BCUT2D eigenvalue weighted by Crippen LogP contribution is 2.29. The average Bonchev–Trinajstić information content (AvgIpc) is 2.29. The molecule has 1 aromatic carbocycles. The molecule has 0 bridgehead atoms. The molecule has 0 saturated heterocycles. The Morgan fingerprint density at radius 2 is 2.00 bits per heavy atom. The van der Waals surface area contributed by atoms with Crippen LogP contribution >= 0.6 is 26.6 Å². The Balaban J connectivity index is 3.21. The third-order valence-corrected chi connectivity index (χ3v) is 5.26. The molecule has 0 radical (unpaired) electrons. The zero-order chi connectivity index (χ0) is 16.4. The van der Waals surface area contributed by atoms with Crippen LogP contribution in [0.1, 0.15) is 44.0 Å². The van der Waals surface area contributed by atoms with E-state index in [9.17, 15) is 17.6 Å². The highest BCUT2D eigenvalue weighted by molar-refractivity contribution is 9.10. The Morgan fingerprint density at radius 3 is 2.48 bits per heavy atom. The van der Waals surface area contributed by atoms with Crippen molar-refractivity contribution in [3.8, 4) is 0 Å². The third kappa shape index (κ3) is 4.93.